The smallest absolute Gasteiger partial charge is 0.338 e. The number of carbonyl (C=O) groups excluding carboxylic acids is 1. The average Bonchev–Trinajstić information content (AvgIpc) is 2.63. The normalized spacial score (nSPS) is 14.1. The monoisotopic (exact) mass is 218 g/mol. The summed E-state index contributed by atoms with van der Waals surface area (Å²) in [7, 11) is 0. The van der Waals surface area contributed by atoms with Crippen molar-refractivity contribution in [1.29, 1.82) is 0 Å². The van der Waals surface area contributed by atoms with Gasteiger partial charge in [-0.15, -0.1) is 0 Å². The highest BCUT2D eigenvalue weighted by molar-refractivity contribution is 5.94. The van der Waals surface area contributed by atoms with Gasteiger partial charge in [0.05, 0.1) is 5.56 Å². The van der Waals surface area contributed by atoms with Crippen LogP contribution in [0.25, 0.3) is 0 Å². The van der Waals surface area contributed by atoms with Crippen LogP contribution in [0.3, 0.4) is 0 Å². The first-order chi connectivity index (χ1) is 7.67. The third-order valence-corrected chi connectivity index (χ3v) is 3.52. The minimum Gasteiger partial charge on any atom is -0.457 e. The number of ether oxygens (including phenoxy) is 1. The molecule has 0 bridgehead atoms. The second-order valence-corrected chi connectivity index (χ2v) is 4.45. The topological polar surface area (TPSA) is 26.3 Å². The fourth-order valence-electron chi connectivity index (χ4n) is 2.43. The van der Waals surface area contributed by atoms with E-state index in [1.165, 1.54) is 11.1 Å². The Hall–Kier alpha value is -1.31. The zero-order chi connectivity index (χ0) is 11.7. The van der Waals surface area contributed by atoms with Gasteiger partial charge in [-0.25, -0.2) is 4.79 Å². The first-order valence-electron chi connectivity index (χ1n) is 5.97. The van der Waals surface area contributed by atoms with Crippen molar-refractivity contribution in [2.45, 2.75) is 46.1 Å². The lowest BCUT2D eigenvalue weighted by Gasteiger charge is -2.14. The number of carbonyl (C=O) groups is 1. The summed E-state index contributed by atoms with van der Waals surface area (Å²) in [5.74, 6) is 0.392. The van der Waals surface area contributed by atoms with Crippen LogP contribution in [0.15, 0.2) is 12.1 Å². The largest absolute Gasteiger partial charge is 0.457 e. The van der Waals surface area contributed by atoms with Gasteiger partial charge in [-0.2, -0.15) is 0 Å². The lowest BCUT2D eigenvalue weighted by Crippen LogP contribution is -2.01. The van der Waals surface area contributed by atoms with E-state index in [2.05, 4.69) is 26.8 Å². The predicted octanol–water partition coefficient (Wildman–Crippen LogP) is 3.57. The summed E-state index contributed by atoms with van der Waals surface area (Å²) in [6.45, 7) is 6.89. The van der Waals surface area contributed by atoms with Crippen LogP contribution in [0, 0.1) is 6.92 Å². The van der Waals surface area contributed by atoms with E-state index < -0.39 is 0 Å². The third-order valence-electron chi connectivity index (χ3n) is 3.52. The molecule has 2 rings (SSSR count). The zero-order valence-electron chi connectivity index (χ0n) is 10.2. The molecule has 0 amide bonds. The van der Waals surface area contributed by atoms with Crippen LogP contribution in [0.2, 0.25) is 0 Å². The van der Waals surface area contributed by atoms with Crippen molar-refractivity contribution in [1.82, 2.24) is 0 Å². The summed E-state index contributed by atoms with van der Waals surface area (Å²) in [6, 6.07) is 4.23. The Bertz CT molecular complexity index is 417. The van der Waals surface area contributed by atoms with Gasteiger partial charge in [0.2, 0.25) is 0 Å². The van der Waals surface area contributed by atoms with E-state index in [-0.39, 0.29) is 5.97 Å². The number of hydrogen-bond donors (Lipinski definition) is 0. The molecular weight excluding hydrogens is 200 g/mol. The highest BCUT2D eigenvalue weighted by Gasteiger charge is 2.24. The summed E-state index contributed by atoms with van der Waals surface area (Å²) >= 11 is 0. The molecule has 16 heavy (non-hydrogen) atoms. The number of aryl methyl sites for hydroxylation is 1. The van der Waals surface area contributed by atoms with Gasteiger partial charge in [0, 0.05) is 5.56 Å². The average molecular weight is 218 g/mol. The molecular formula is C14H18O2. The molecule has 0 atom stereocenters. The van der Waals surface area contributed by atoms with Crippen molar-refractivity contribution < 1.29 is 9.53 Å². The van der Waals surface area contributed by atoms with Crippen molar-refractivity contribution in [2.24, 2.45) is 0 Å². The van der Waals surface area contributed by atoms with Gasteiger partial charge in [-0.1, -0.05) is 19.9 Å². The third kappa shape index (κ3) is 1.73. The van der Waals surface area contributed by atoms with Crippen molar-refractivity contribution in [3.05, 3.63) is 34.4 Å². The molecule has 0 N–H and O–H groups in total. The van der Waals surface area contributed by atoms with Gasteiger partial charge in [0.25, 0.3) is 0 Å². The molecule has 86 valence electrons. The van der Waals surface area contributed by atoms with Crippen LogP contribution in [-0.2, 0) is 11.3 Å². The quantitative estimate of drug-likeness (QED) is 0.725. The fourth-order valence-corrected chi connectivity index (χ4v) is 2.43. The molecule has 1 aliphatic rings. The number of rotatable bonds is 3. The van der Waals surface area contributed by atoms with Crippen LogP contribution >= 0.6 is 0 Å². The van der Waals surface area contributed by atoms with Crippen molar-refractivity contribution in [3.8, 4) is 0 Å². The molecule has 2 heteroatoms. The molecule has 0 unspecified atom stereocenters. The van der Waals surface area contributed by atoms with Crippen LogP contribution in [0.5, 0.6) is 0 Å². The molecule has 0 aromatic heterocycles. The highest BCUT2D eigenvalue weighted by Crippen LogP contribution is 2.30. The maximum atomic E-state index is 11.5. The molecule has 0 fully saturated rings. The second kappa shape index (κ2) is 4.28. The molecule has 0 radical (unpaired) electrons. The maximum absolute atomic E-state index is 11.5. The molecule has 1 aliphatic heterocycles. The van der Waals surface area contributed by atoms with Gasteiger partial charge < -0.3 is 4.74 Å². The van der Waals surface area contributed by atoms with Gasteiger partial charge in [0.15, 0.2) is 0 Å². The van der Waals surface area contributed by atoms with Crippen LogP contribution in [-0.4, -0.2) is 5.97 Å². The molecule has 0 saturated heterocycles. The summed E-state index contributed by atoms with van der Waals surface area (Å²) in [5, 5.41) is 0. The molecule has 1 aromatic rings. The summed E-state index contributed by atoms with van der Waals surface area (Å²) in [4.78, 5) is 11.5. The van der Waals surface area contributed by atoms with Crippen LogP contribution in [0.1, 0.15) is 59.7 Å². The number of fused-ring (bicyclic) bond motifs is 1. The van der Waals surface area contributed by atoms with Crippen LogP contribution < -0.4 is 0 Å². The number of cyclic esters (lactones) is 1. The van der Waals surface area contributed by atoms with Gasteiger partial charge in [0.1, 0.15) is 6.61 Å². The standard InChI is InChI=1S/C14H18O2/c1-4-10(5-2)11-6-9(3)13-8-16-14(15)12(13)7-11/h6-7,10H,4-5,8H2,1-3H3. The lowest BCUT2D eigenvalue weighted by molar-refractivity contribution is 0.0535. The maximum Gasteiger partial charge on any atom is 0.338 e. The molecule has 2 nitrogen and oxygen atoms in total. The highest BCUT2D eigenvalue weighted by atomic mass is 16.5. The number of benzene rings is 1. The number of hydrogen-bond acceptors (Lipinski definition) is 2. The molecule has 0 saturated carbocycles. The first kappa shape index (κ1) is 11.2. The van der Waals surface area contributed by atoms with Crippen molar-refractivity contribution in [2.75, 3.05) is 0 Å². The molecule has 0 spiro atoms. The fraction of sp³-hybridized carbons (Fsp3) is 0.500. The minimum absolute atomic E-state index is 0.161. The van der Waals surface area contributed by atoms with Crippen molar-refractivity contribution >= 4 is 5.97 Å². The van der Waals surface area contributed by atoms with E-state index in [4.69, 9.17) is 4.74 Å². The Labute approximate surface area is 96.6 Å². The summed E-state index contributed by atoms with van der Waals surface area (Å²) in [5.41, 5.74) is 4.31. The molecule has 1 aromatic carbocycles. The molecule has 0 aliphatic carbocycles. The second-order valence-electron chi connectivity index (χ2n) is 4.45. The van der Waals surface area contributed by atoms with Crippen molar-refractivity contribution in [3.63, 3.8) is 0 Å². The Morgan fingerprint density at radius 2 is 2.00 bits per heavy atom. The Morgan fingerprint density at radius 3 is 2.62 bits per heavy atom. The van der Waals surface area contributed by atoms with E-state index in [1.807, 2.05) is 6.07 Å². The van der Waals surface area contributed by atoms with E-state index in [1.54, 1.807) is 0 Å². The van der Waals surface area contributed by atoms with Crippen LogP contribution in [0.4, 0.5) is 0 Å². The van der Waals surface area contributed by atoms with E-state index in [9.17, 15) is 4.79 Å². The van der Waals surface area contributed by atoms with E-state index in [0.717, 1.165) is 24.0 Å². The van der Waals surface area contributed by atoms with E-state index >= 15 is 0 Å². The first-order valence-corrected chi connectivity index (χ1v) is 5.97. The minimum atomic E-state index is -0.161. The summed E-state index contributed by atoms with van der Waals surface area (Å²) < 4.78 is 5.07. The van der Waals surface area contributed by atoms with Gasteiger partial charge in [-0.3, -0.25) is 0 Å². The predicted molar refractivity (Wildman–Crippen MR) is 63.6 cm³/mol. The SMILES string of the molecule is CCC(CC)c1cc(C)c2c(c1)C(=O)OC2. The Kier molecular flexibility index (Phi) is 2.99. The van der Waals surface area contributed by atoms with E-state index in [0.29, 0.717) is 12.5 Å². The van der Waals surface area contributed by atoms with Gasteiger partial charge in [-0.05, 0) is 42.9 Å². The molecule has 1 heterocycles. The summed E-state index contributed by atoms with van der Waals surface area (Å²) in [6.07, 6.45) is 2.23. The Balaban J connectivity index is 2.47. The van der Waals surface area contributed by atoms with Gasteiger partial charge >= 0.3 is 5.97 Å². The number of esters is 1. The zero-order valence-corrected chi connectivity index (χ0v) is 10.2. The Morgan fingerprint density at radius 1 is 1.31 bits per heavy atom. The lowest BCUT2D eigenvalue weighted by atomic mass is 9.89.